The second-order valence-electron chi connectivity index (χ2n) is 4.04. The lowest BCUT2D eigenvalue weighted by atomic mass is 10.1. The van der Waals surface area contributed by atoms with E-state index < -0.39 is 0 Å². The lowest BCUT2D eigenvalue weighted by Crippen LogP contribution is -2.37. The number of aromatic nitrogens is 1. The predicted octanol–water partition coefficient (Wildman–Crippen LogP) is 1.84. The number of anilines is 1. The first-order chi connectivity index (χ1) is 5.95. The Hall–Kier alpha value is -0.610. The average molecular weight is 199 g/mol. The van der Waals surface area contributed by atoms with Crippen LogP contribution < -0.4 is 10.6 Å². The van der Waals surface area contributed by atoms with Crippen LogP contribution in [0.15, 0.2) is 6.20 Å². The van der Waals surface area contributed by atoms with E-state index in [-0.39, 0.29) is 5.54 Å². The highest BCUT2D eigenvalue weighted by Gasteiger charge is 2.19. The van der Waals surface area contributed by atoms with Crippen molar-refractivity contribution in [3.63, 3.8) is 0 Å². The van der Waals surface area contributed by atoms with Gasteiger partial charge in [0.05, 0.1) is 0 Å². The number of hydrogen-bond donors (Lipinski definition) is 1. The highest BCUT2D eigenvalue weighted by Crippen LogP contribution is 2.26. The Morgan fingerprint density at radius 2 is 2.15 bits per heavy atom. The third kappa shape index (κ3) is 2.42. The van der Waals surface area contributed by atoms with E-state index in [0.29, 0.717) is 6.54 Å². The molecule has 0 bridgehead atoms. The monoisotopic (exact) mass is 199 g/mol. The zero-order valence-corrected chi connectivity index (χ0v) is 9.48. The van der Waals surface area contributed by atoms with Gasteiger partial charge in [-0.3, -0.25) is 0 Å². The molecule has 0 fully saturated rings. The van der Waals surface area contributed by atoms with Gasteiger partial charge in [-0.15, -0.1) is 11.3 Å². The maximum Gasteiger partial charge on any atom is 0.185 e. The quantitative estimate of drug-likeness (QED) is 0.790. The first-order valence-electron chi connectivity index (χ1n) is 4.33. The largest absolute Gasteiger partial charge is 0.346 e. The number of nitrogens with two attached hydrogens (primary N) is 1. The van der Waals surface area contributed by atoms with Gasteiger partial charge in [0.1, 0.15) is 0 Å². The fraction of sp³-hybridized carbons (Fsp3) is 0.667. The molecule has 4 heteroatoms. The van der Waals surface area contributed by atoms with Gasteiger partial charge in [-0.25, -0.2) is 4.98 Å². The first kappa shape index (κ1) is 10.5. The summed E-state index contributed by atoms with van der Waals surface area (Å²) in [5.74, 6) is 0. The summed E-state index contributed by atoms with van der Waals surface area (Å²) < 4.78 is 0. The lowest BCUT2D eigenvalue weighted by molar-refractivity contribution is 0.538. The summed E-state index contributed by atoms with van der Waals surface area (Å²) in [6, 6.07) is 0. The van der Waals surface area contributed by atoms with Crippen molar-refractivity contribution in [2.45, 2.75) is 32.9 Å². The van der Waals surface area contributed by atoms with Crippen LogP contribution in [0.3, 0.4) is 0 Å². The van der Waals surface area contributed by atoms with Gasteiger partial charge in [-0.1, -0.05) is 0 Å². The molecule has 0 saturated heterocycles. The van der Waals surface area contributed by atoms with Gasteiger partial charge >= 0.3 is 0 Å². The molecule has 0 saturated carbocycles. The molecule has 0 aliphatic heterocycles. The first-order valence-corrected chi connectivity index (χ1v) is 5.15. The van der Waals surface area contributed by atoms with Gasteiger partial charge < -0.3 is 10.6 Å². The van der Waals surface area contributed by atoms with E-state index in [9.17, 15) is 0 Å². The summed E-state index contributed by atoms with van der Waals surface area (Å²) >= 11 is 1.66. The van der Waals surface area contributed by atoms with Crippen LogP contribution in [0.5, 0.6) is 0 Å². The van der Waals surface area contributed by atoms with Crippen molar-refractivity contribution in [3.8, 4) is 0 Å². The van der Waals surface area contributed by atoms with E-state index in [1.54, 1.807) is 11.3 Å². The third-order valence-electron chi connectivity index (χ3n) is 2.04. The van der Waals surface area contributed by atoms with Gasteiger partial charge in [0, 0.05) is 30.2 Å². The van der Waals surface area contributed by atoms with Crippen LogP contribution in [0.2, 0.25) is 0 Å². The molecule has 0 aliphatic carbocycles. The van der Waals surface area contributed by atoms with Crippen LogP contribution in [0.4, 0.5) is 5.13 Å². The molecular weight excluding hydrogens is 182 g/mol. The van der Waals surface area contributed by atoms with Crippen LogP contribution in [-0.2, 0) is 6.54 Å². The van der Waals surface area contributed by atoms with Crippen molar-refractivity contribution >= 4 is 16.5 Å². The molecule has 2 N–H and O–H groups in total. The fourth-order valence-electron chi connectivity index (χ4n) is 0.834. The minimum absolute atomic E-state index is 0.115. The molecule has 1 heterocycles. The van der Waals surface area contributed by atoms with Crippen LogP contribution in [0.1, 0.15) is 25.6 Å². The van der Waals surface area contributed by atoms with Crippen molar-refractivity contribution in [2.75, 3.05) is 11.9 Å². The summed E-state index contributed by atoms with van der Waals surface area (Å²) in [5.41, 5.74) is 5.64. The maximum absolute atomic E-state index is 5.52. The van der Waals surface area contributed by atoms with E-state index in [1.165, 1.54) is 0 Å². The third-order valence-corrected chi connectivity index (χ3v) is 3.13. The van der Waals surface area contributed by atoms with E-state index in [1.807, 2.05) is 6.20 Å². The second kappa shape index (κ2) is 3.64. The molecule has 1 aromatic rings. The van der Waals surface area contributed by atoms with Gasteiger partial charge in [0.25, 0.3) is 0 Å². The summed E-state index contributed by atoms with van der Waals surface area (Å²) in [5, 5.41) is 1.04. The van der Waals surface area contributed by atoms with Crippen LogP contribution >= 0.6 is 11.3 Å². The zero-order chi connectivity index (χ0) is 10.1. The standard InChI is InChI=1S/C9H17N3S/c1-9(2,3)12(4)8-11-6-7(5-10)13-8/h6H,5,10H2,1-4H3. The summed E-state index contributed by atoms with van der Waals surface area (Å²) in [6.07, 6.45) is 1.85. The Morgan fingerprint density at radius 1 is 1.54 bits per heavy atom. The minimum atomic E-state index is 0.115. The number of rotatable bonds is 2. The average Bonchev–Trinajstić information content (AvgIpc) is 2.48. The fourth-order valence-corrected chi connectivity index (χ4v) is 1.77. The zero-order valence-electron chi connectivity index (χ0n) is 8.66. The summed E-state index contributed by atoms with van der Waals surface area (Å²) in [7, 11) is 2.05. The molecule has 1 rings (SSSR count). The van der Waals surface area contributed by atoms with E-state index in [4.69, 9.17) is 5.73 Å². The topological polar surface area (TPSA) is 42.2 Å². The Labute approximate surface area is 83.6 Å². The molecule has 3 nitrogen and oxygen atoms in total. The van der Waals surface area contributed by atoms with Crippen molar-refractivity contribution in [1.29, 1.82) is 0 Å². The highest BCUT2D eigenvalue weighted by molar-refractivity contribution is 7.15. The van der Waals surface area contributed by atoms with Crippen molar-refractivity contribution in [3.05, 3.63) is 11.1 Å². The predicted molar refractivity (Wildman–Crippen MR) is 58.2 cm³/mol. The van der Waals surface area contributed by atoms with Crippen LogP contribution in [0, 0.1) is 0 Å². The van der Waals surface area contributed by atoms with Crippen LogP contribution in [-0.4, -0.2) is 17.6 Å². The molecule has 0 aromatic carbocycles. The summed E-state index contributed by atoms with van der Waals surface area (Å²) in [6.45, 7) is 7.07. The van der Waals surface area contributed by atoms with Crippen molar-refractivity contribution in [1.82, 2.24) is 4.98 Å². The molecule has 0 unspecified atom stereocenters. The molecular formula is C9H17N3S. The van der Waals surface area contributed by atoms with Crippen molar-refractivity contribution in [2.24, 2.45) is 5.73 Å². The maximum atomic E-state index is 5.52. The highest BCUT2D eigenvalue weighted by atomic mass is 32.1. The Kier molecular flexibility index (Phi) is 2.93. The smallest absolute Gasteiger partial charge is 0.185 e. The SMILES string of the molecule is CN(c1ncc(CN)s1)C(C)(C)C. The molecule has 74 valence electrons. The Morgan fingerprint density at radius 3 is 2.54 bits per heavy atom. The van der Waals surface area contributed by atoms with Crippen LogP contribution in [0.25, 0.3) is 0 Å². The number of thiazole rings is 1. The molecule has 13 heavy (non-hydrogen) atoms. The Balaban J connectivity index is 2.83. The van der Waals surface area contributed by atoms with Gasteiger partial charge in [0.15, 0.2) is 5.13 Å². The van der Waals surface area contributed by atoms with Gasteiger partial charge in [-0.05, 0) is 20.8 Å². The van der Waals surface area contributed by atoms with E-state index >= 15 is 0 Å². The summed E-state index contributed by atoms with van der Waals surface area (Å²) in [4.78, 5) is 7.61. The van der Waals surface area contributed by atoms with Gasteiger partial charge in [0.2, 0.25) is 0 Å². The second-order valence-corrected chi connectivity index (χ2v) is 5.14. The minimum Gasteiger partial charge on any atom is -0.346 e. The van der Waals surface area contributed by atoms with E-state index in [0.717, 1.165) is 10.0 Å². The number of nitrogens with zero attached hydrogens (tertiary/aromatic N) is 2. The van der Waals surface area contributed by atoms with Gasteiger partial charge in [-0.2, -0.15) is 0 Å². The molecule has 0 aliphatic rings. The Bertz CT molecular complexity index is 275. The van der Waals surface area contributed by atoms with E-state index in [2.05, 4.69) is 37.7 Å². The molecule has 0 spiro atoms. The number of hydrogen-bond acceptors (Lipinski definition) is 4. The molecule has 0 atom stereocenters. The normalized spacial score (nSPS) is 11.8. The molecule has 0 amide bonds. The molecule has 1 aromatic heterocycles. The molecule has 0 radical (unpaired) electrons. The van der Waals surface area contributed by atoms with Crippen molar-refractivity contribution < 1.29 is 0 Å². The lowest BCUT2D eigenvalue weighted by Gasteiger charge is -2.31.